The van der Waals surface area contributed by atoms with Crippen LogP contribution in [-0.2, 0) is 9.53 Å². The van der Waals surface area contributed by atoms with Crippen molar-refractivity contribution in [3.05, 3.63) is 41.6 Å². The summed E-state index contributed by atoms with van der Waals surface area (Å²) in [6.45, 7) is 2.40. The number of anilines is 1. The lowest BCUT2D eigenvalue weighted by molar-refractivity contribution is -0.112. The van der Waals surface area contributed by atoms with Crippen LogP contribution in [0.1, 0.15) is 6.92 Å². The summed E-state index contributed by atoms with van der Waals surface area (Å²) in [5, 5.41) is 3.30. The first kappa shape index (κ1) is 11.6. The molecule has 0 aliphatic carbocycles. The van der Waals surface area contributed by atoms with Crippen molar-refractivity contribution in [1.82, 2.24) is 0 Å². The number of carbonyl (C=O) groups is 1. The molecule has 1 rings (SSSR count). The van der Waals surface area contributed by atoms with E-state index >= 15 is 0 Å². The van der Waals surface area contributed by atoms with E-state index in [0.717, 1.165) is 0 Å². The maximum Gasteiger partial charge on any atom is 0.251 e. The number of ether oxygens (including phenoxy) is 1. The van der Waals surface area contributed by atoms with E-state index < -0.39 is 0 Å². The first-order valence-electron chi connectivity index (χ1n) is 4.57. The molecule has 1 aromatic carbocycles. The third kappa shape index (κ3) is 4.51. The minimum Gasteiger partial charge on any atom is -0.501 e. The molecule has 1 amide bonds. The van der Waals surface area contributed by atoms with Crippen molar-refractivity contribution in [3.8, 4) is 0 Å². The van der Waals surface area contributed by atoms with Crippen LogP contribution in [0.15, 0.2) is 36.6 Å². The molecule has 80 valence electrons. The average molecular weight is 226 g/mol. The van der Waals surface area contributed by atoms with Crippen molar-refractivity contribution in [2.75, 3.05) is 11.9 Å². The lowest BCUT2D eigenvalue weighted by atomic mass is 10.3. The summed E-state index contributed by atoms with van der Waals surface area (Å²) >= 11 is 5.70. The van der Waals surface area contributed by atoms with Gasteiger partial charge >= 0.3 is 0 Å². The lowest BCUT2D eigenvalue weighted by Gasteiger charge is -2.01. The highest BCUT2D eigenvalue weighted by Crippen LogP contribution is 2.13. The highest BCUT2D eigenvalue weighted by Gasteiger charge is 1.96. The van der Waals surface area contributed by atoms with Gasteiger partial charge in [-0.05, 0) is 31.2 Å². The fourth-order valence-corrected chi connectivity index (χ4v) is 1.05. The fourth-order valence-electron chi connectivity index (χ4n) is 0.923. The Kier molecular flexibility index (Phi) is 4.71. The molecule has 0 saturated carbocycles. The van der Waals surface area contributed by atoms with Gasteiger partial charge in [-0.25, -0.2) is 0 Å². The molecule has 3 nitrogen and oxygen atoms in total. The van der Waals surface area contributed by atoms with Gasteiger partial charge in [0.2, 0.25) is 0 Å². The van der Waals surface area contributed by atoms with E-state index in [0.29, 0.717) is 17.3 Å². The van der Waals surface area contributed by atoms with E-state index in [-0.39, 0.29) is 5.91 Å². The van der Waals surface area contributed by atoms with Crippen LogP contribution in [-0.4, -0.2) is 12.5 Å². The van der Waals surface area contributed by atoms with Crippen LogP contribution in [0.4, 0.5) is 5.69 Å². The predicted molar refractivity (Wildman–Crippen MR) is 60.8 cm³/mol. The van der Waals surface area contributed by atoms with E-state index in [4.69, 9.17) is 16.3 Å². The summed E-state index contributed by atoms with van der Waals surface area (Å²) in [4.78, 5) is 11.3. The van der Waals surface area contributed by atoms with Crippen molar-refractivity contribution in [3.63, 3.8) is 0 Å². The molecule has 0 saturated heterocycles. The van der Waals surface area contributed by atoms with Gasteiger partial charge in [0, 0.05) is 16.8 Å². The number of benzene rings is 1. The van der Waals surface area contributed by atoms with Gasteiger partial charge in [-0.3, -0.25) is 4.79 Å². The van der Waals surface area contributed by atoms with E-state index in [9.17, 15) is 4.79 Å². The fraction of sp³-hybridized carbons (Fsp3) is 0.182. The summed E-state index contributed by atoms with van der Waals surface area (Å²) in [5.74, 6) is -0.231. The molecular weight excluding hydrogens is 214 g/mol. The zero-order valence-electron chi connectivity index (χ0n) is 8.37. The minimum absolute atomic E-state index is 0.231. The number of rotatable bonds is 4. The summed E-state index contributed by atoms with van der Waals surface area (Å²) in [5.41, 5.74) is 0.700. The number of nitrogens with one attached hydrogen (secondary N) is 1. The molecule has 0 bridgehead atoms. The Labute approximate surface area is 93.7 Å². The van der Waals surface area contributed by atoms with Gasteiger partial charge in [0.15, 0.2) is 0 Å². The normalized spacial score (nSPS) is 10.3. The van der Waals surface area contributed by atoms with Crippen LogP contribution in [0, 0.1) is 0 Å². The molecule has 0 atom stereocenters. The Bertz CT molecular complexity index is 346. The molecule has 0 spiro atoms. The van der Waals surface area contributed by atoms with Crippen LogP contribution >= 0.6 is 11.6 Å². The van der Waals surface area contributed by atoms with Crippen LogP contribution in [0.25, 0.3) is 0 Å². The topological polar surface area (TPSA) is 38.3 Å². The van der Waals surface area contributed by atoms with Gasteiger partial charge < -0.3 is 10.1 Å². The van der Waals surface area contributed by atoms with Gasteiger partial charge in [-0.2, -0.15) is 0 Å². The minimum atomic E-state index is -0.231. The summed E-state index contributed by atoms with van der Waals surface area (Å²) in [6.07, 6.45) is 2.70. The van der Waals surface area contributed by atoms with Crippen molar-refractivity contribution >= 4 is 23.2 Å². The van der Waals surface area contributed by atoms with E-state index in [1.807, 2.05) is 6.92 Å². The summed E-state index contributed by atoms with van der Waals surface area (Å²) in [7, 11) is 0. The first-order valence-corrected chi connectivity index (χ1v) is 4.95. The smallest absolute Gasteiger partial charge is 0.251 e. The van der Waals surface area contributed by atoms with Crippen LogP contribution in [0.2, 0.25) is 5.02 Å². The van der Waals surface area contributed by atoms with Crippen molar-refractivity contribution in [2.45, 2.75) is 6.92 Å². The number of carbonyl (C=O) groups excluding carboxylic acids is 1. The number of amides is 1. The summed E-state index contributed by atoms with van der Waals surface area (Å²) < 4.78 is 4.90. The second-order valence-corrected chi connectivity index (χ2v) is 3.19. The maximum absolute atomic E-state index is 11.3. The lowest BCUT2D eigenvalue weighted by Crippen LogP contribution is -2.07. The molecule has 0 aliphatic heterocycles. The van der Waals surface area contributed by atoms with Gasteiger partial charge in [0.05, 0.1) is 12.9 Å². The van der Waals surface area contributed by atoms with Gasteiger partial charge in [0.1, 0.15) is 0 Å². The van der Waals surface area contributed by atoms with Crippen molar-refractivity contribution < 1.29 is 9.53 Å². The second-order valence-electron chi connectivity index (χ2n) is 2.75. The van der Waals surface area contributed by atoms with Gasteiger partial charge in [0.25, 0.3) is 5.91 Å². The number of halogens is 1. The number of hydrogen-bond donors (Lipinski definition) is 1. The molecule has 15 heavy (non-hydrogen) atoms. The predicted octanol–water partition coefficient (Wildman–Crippen LogP) is 2.83. The highest BCUT2D eigenvalue weighted by atomic mass is 35.5. The maximum atomic E-state index is 11.3. The highest BCUT2D eigenvalue weighted by molar-refractivity contribution is 6.30. The molecule has 0 aromatic heterocycles. The zero-order valence-corrected chi connectivity index (χ0v) is 9.12. The van der Waals surface area contributed by atoms with Crippen molar-refractivity contribution in [1.29, 1.82) is 0 Å². The first-order chi connectivity index (χ1) is 7.22. The van der Waals surface area contributed by atoms with Crippen molar-refractivity contribution in [2.24, 2.45) is 0 Å². The second kappa shape index (κ2) is 6.09. The molecule has 4 heteroatoms. The molecule has 1 N–H and O–H groups in total. The molecule has 0 unspecified atom stereocenters. The Morgan fingerprint density at radius 2 is 2.13 bits per heavy atom. The zero-order chi connectivity index (χ0) is 11.1. The van der Waals surface area contributed by atoms with E-state index in [2.05, 4.69) is 5.32 Å². The molecule has 0 fully saturated rings. The average Bonchev–Trinajstić information content (AvgIpc) is 2.22. The van der Waals surface area contributed by atoms with Crippen LogP contribution in [0.5, 0.6) is 0 Å². The molecule has 0 heterocycles. The largest absolute Gasteiger partial charge is 0.501 e. The van der Waals surface area contributed by atoms with Gasteiger partial charge in [-0.1, -0.05) is 11.6 Å². The Morgan fingerprint density at radius 3 is 2.73 bits per heavy atom. The Balaban J connectivity index is 2.48. The van der Waals surface area contributed by atoms with Crippen LogP contribution < -0.4 is 5.32 Å². The van der Waals surface area contributed by atoms with Crippen LogP contribution in [0.3, 0.4) is 0 Å². The van der Waals surface area contributed by atoms with E-state index in [1.54, 1.807) is 24.3 Å². The molecular formula is C11H12ClNO2. The summed E-state index contributed by atoms with van der Waals surface area (Å²) in [6, 6.07) is 6.89. The van der Waals surface area contributed by atoms with E-state index in [1.165, 1.54) is 12.3 Å². The Morgan fingerprint density at radius 1 is 1.47 bits per heavy atom. The third-order valence-corrected chi connectivity index (χ3v) is 1.85. The standard InChI is InChI=1S/C11H12ClNO2/c1-2-15-8-7-11(14)13-10-5-3-9(12)4-6-10/h3-8H,2H2,1H3,(H,13,14). The third-order valence-electron chi connectivity index (χ3n) is 1.59. The van der Waals surface area contributed by atoms with Gasteiger partial charge in [-0.15, -0.1) is 0 Å². The monoisotopic (exact) mass is 225 g/mol. The molecule has 1 aromatic rings. The number of hydrogen-bond acceptors (Lipinski definition) is 2. The molecule has 0 aliphatic rings. The quantitative estimate of drug-likeness (QED) is 0.632. The SMILES string of the molecule is CCOC=CC(=O)Nc1ccc(Cl)cc1. The molecule has 0 radical (unpaired) electrons. The Hall–Kier alpha value is -1.48.